The van der Waals surface area contributed by atoms with Gasteiger partial charge in [-0.3, -0.25) is 4.98 Å². The molecule has 28 heavy (non-hydrogen) atoms. The lowest BCUT2D eigenvalue weighted by Gasteiger charge is -2.08. The standard InChI is InChI=1S/C23H20N4O/c1-14-9-23-18(10-22(14)25-3)20(19-11-26-12-21(24)15(19)2)13-27(23)16-5-7-17(28-4)8-6-16/h5-13H,24H2,1-2,4H3. The van der Waals surface area contributed by atoms with Crippen LogP contribution in [0.25, 0.3) is 32.6 Å². The number of methoxy groups -OCH3 is 1. The van der Waals surface area contributed by atoms with Gasteiger partial charge in [-0.1, -0.05) is 0 Å². The topological polar surface area (TPSA) is 57.4 Å². The van der Waals surface area contributed by atoms with Gasteiger partial charge in [-0.15, -0.1) is 0 Å². The van der Waals surface area contributed by atoms with E-state index in [1.54, 1.807) is 13.3 Å². The van der Waals surface area contributed by atoms with Gasteiger partial charge in [0, 0.05) is 29.2 Å². The zero-order chi connectivity index (χ0) is 19.8. The van der Waals surface area contributed by atoms with E-state index in [4.69, 9.17) is 17.0 Å². The molecule has 4 rings (SSSR count). The van der Waals surface area contributed by atoms with E-state index in [0.717, 1.165) is 44.6 Å². The summed E-state index contributed by atoms with van der Waals surface area (Å²) in [6.45, 7) is 11.5. The van der Waals surface area contributed by atoms with Gasteiger partial charge >= 0.3 is 0 Å². The van der Waals surface area contributed by atoms with Gasteiger partial charge in [-0.05, 0) is 66.8 Å². The van der Waals surface area contributed by atoms with Gasteiger partial charge in [0.15, 0.2) is 5.69 Å². The van der Waals surface area contributed by atoms with Crippen LogP contribution in [0.3, 0.4) is 0 Å². The first-order valence-electron chi connectivity index (χ1n) is 8.91. The first-order chi connectivity index (χ1) is 13.5. The van der Waals surface area contributed by atoms with E-state index in [9.17, 15) is 0 Å². The van der Waals surface area contributed by atoms with Gasteiger partial charge in [-0.25, -0.2) is 4.85 Å². The van der Waals surface area contributed by atoms with Crippen molar-refractivity contribution in [2.75, 3.05) is 12.8 Å². The molecule has 0 bridgehead atoms. The van der Waals surface area contributed by atoms with Crippen LogP contribution in [0.15, 0.2) is 55.0 Å². The summed E-state index contributed by atoms with van der Waals surface area (Å²) in [5, 5.41) is 1.00. The highest BCUT2D eigenvalue weighted by Gasteiger charge is 2.16. The lowest BCUT2D eigenvalue weighted by atomic mass is 10.00. The Balaban J connectivity index is 2.05. The second kappa shape index (κ2) is 6.75. The summed E-state index contributed by atoms with van der Waals surface area (Å²) in [6.07, 6.45) is 5.58. The van der Waals surface area contributed by atoms with Crippen LogP contribution in [0, 0.1) is 20.4 Å². The van der Waals surface area contributed by atoms with Crippen molar-refractivity contribution >= 4 is 22.3 Å². The van der Waals surface area contributed by atoms with Gasteiger partial charge < -0.3 is 15.0 Å². The minimum Gasteiger partial charge on any atom is -0.497 e. The van der Waals surface area contributed by atoms with Crippen molar-refractivity contribution in [1.29, 1.82) is 0 Å². The van der Waals surface area contributed by atoms with Gasteiger partial charge in [0.25, 0.3) is 0 Å². The third-order valence-electron chi connectivity index (χ3n) is 5.14. The minimum atomic E-state index is 0.649. The number of nitrogen functional groups attached to an aromatic ring is 1. The predicted octanol–water partition coefficient (Wildman–Crippen LogP) is 5.45. The molecule has 0 amide bonds. The van der Waals surface area contributed by atoms with Crippen molar-refractivity contribution in [3.8, 4) is 22.6 Å². The molecule has 0 aliphatic rings. The van der Waals surface area contributed by atoms with Crippen molar-refractivity contribution < 1.29 is 4.74 Å². The molecule has 5 nitrogen and oxygen atoms in total. The zero-order valence-electron chi connectivity index (χ0n) is 16.0. The maximum Gasteiger partial charge on any atom is 0.190 e. The van der Waals surface area contributed by atoms with Gasteiger partial charge in [0.05, 0.1) is 31.1 Å². The number of aromatic nitrogens is 2. The Labute approximate surface area is 163 Å². The molecule has 2 aromatic heterocycles. The molecule has 4 aromatic rings. The van der Waals surface area contributed by atoms with Crippen LogP contribution < -0.4 is 10.5 Å². The summed E-state index contributed by atoms with van der Waals surface area (Å²) < 4.78 is 7.41. The van der Waals surface area contributed by atoms with Crippen molar-refractivity contribution in [3.63, 3.8) is 0 Å². The molecule has 0 unspecified atom stereocenters. The molecule has 0 fully saturated rings. The second-order valence-electron chi connectivity index (χ2n) is 6.78. The van der Waals surface area contributed by atoms with Gasteiger partial charge in [0.1, 0.15) is 5.75 Å². The highest BCUT2D eigenvalue weighted by Crippen LogP contribution is 2.38. The third kappa shape index (κ3) is 2.76. The Hall–Kier alpha value is -3.78. The smallest absolute Gasteiger partial charge is 0.190 e. The summed E-state index contributed by atoms with van der Waals surface area (Å²) in [5.74, 6) is 0.808. The van der Waals surface area contributed by atoms with Gasteiger partial charge in [0.2, 0.25) is 0 Å². The quantitative estimate of drug-likeness (QED) is 0.489. The molecule has 5 heteroatoms. The maximum absolute atomic E-state index is 7.50. The molecular formula is C23H20N4O. The number of nitrogens with two attached hydrogens (primary N) is 1. The summed E-state index contributed by atoms with van der Waals surface area (Å²) in [7, 11) is 1.66. The molecule has 0 aliphatic heterocycles. The largest absolute Gasteiger partial charge is 0.497 e. The van der Waals surface area contributed by atoms with E-state index in [1.165, 1.54) is 0 Å². The van der Waals surface area contributed by atoms with Crippen LogP contribution in [-0.2, 0) is 0 Å². The number of nitrogens with zero attached hydrogens (tertiary/aromatic N) is 3. The number of aryl methyl sites for hydroxylation is 1. The second-order valence-corrected chi connectivity index (χ2v) is 6.78. The number of ether oxygens (including phenoxy) is 1. The molecular weight excluding hydrogens is 348 g/mol. The Kier molecular flexibility index (Phi) is 4.25. The number of benzene rings is 2. The normalized spacial score (nSPS) is 10.8. The predicted molar refractivity (Wildman–Crippen MR) is 113 cm³/mol. The molecule has 0 spiro atoms. The van der Waals surface area contributed by atoms with Gasteiger partial charge in [-0.2, -0.15) is 0 Å². The van der Waals surface area contributed by atoms with E-state index in [2.05, 4.69) is 26.7 Å². The molecule has 2 heterocycles. The summed E-state index contributed by atoms with van der Waals surface area (Å²) >= 11 is 0. The molecule has 0 saturated carbocycles. The first kappa shape index (κ1) is 17.6. The minimum absolute atomic E-state index is 0.649. The van der Waals surface area contributed by atoms with Crippen LogP contribution in [0.5, 0.6) is 5.75 Å². The lowest BCUT2D eigenvalue weighted by Crippen LogP contribution is -1.94. The Morgan fingerprint density at radius 2 is 1.82 bits per heavy atom. The summed E-state index contributed by atoms with van der Waals surface area (Å²) in [6, 6.07) is 11.9. The average Bonchev–Trinajstić information content (AvgIpc) is 3.07. The van der Waals surface area contributed by atoms with E-state index in [-0.39, 0.29) is 0 Å². The van der Waals surface area contributed by atoms with E-state index < -0.39 is 0 Å². The number of anilines is 1. The van der Waals surface area contributed by atoms with Crippen molar-refractivity contribution in [2.45, 2.75) is 13.8 Å². The third-order valence-corrected chi connectivity index (χ3v) is 5.14. The molecule has 0 radical (unpaired) electrons. The SMILES string of the molecule is [C-]#[N+]c1cc2c(-c3cncc(N)c3C)cn(-c3ccc(OC)cc3)c2cc1C. The fraction of sp³-hybridized carbons (Fsp3) is 0.130. The van der Waals surface area contributed by atoms with Crippen LogP contribution in [0.1, 0.15) is 11.1 Å². The number of rotatable bonds is 3. The average molecular weight is 368 g/mol. The number of hydrogen-bond donors (Lipinski definition) is 1. The molecule has 0 atom stereocenters. The van der Waals surface area contributed by atoms with E-state index in [1.807, 2.05) is 50.4 Å². The van der Waals surface area contributed by atoms with Crippen LogP contribution in [-0.4, -0.2) is 16.7 Å². The van der Waals surface area contributed by atoms with Crippen LogP contribution >= 0.6 is 0 Å². The number of hydrogen-bond acceptors (Lipinski definition) is 3. The lowest BCUT2D eigenvalue weighted by molar-refractivity contribution is 0.415. The van der Waals surface area contributed by atoms with Crippen molar-refractivity contribution in [1.82, 2.24) is 9.55 Å². The molecule has 0 aliphatic carbocycles. The van der Waals surface area contributed by atoms with E-state index in [0.29, 0.717) is 11.4 Å². The maximum atomic E-state index is 7.50. The van der Waals surface area contributed by atoms with Crippen molar-refractivity contribution in [3.05, 3.63) is 77.5 Å². The highest BCUT2D eigenvalue weighted by molar-refractivity contribution is 6.00. The highest BCUT2D eigenvalue weighted by atomic mass is 16.5. The molecule has 138 valence electrons. The van der Waals surface area contributed by atoms with Crippen molar-refractivity contribution in [2.24, 2.45) is 0 Å². The first-order valence-corrected chi connectivity index (χ1v) is 8.91. The van der Waals surface area contributed by atoms with Crippen LogP contribution in [0.4, 0.5) is 11.4 Å². The Morgan fingerprint density at radius 3 is 2.50 bits per heavy atom. The number of fused-ring (bicyclic) bond motifs is 1. The Morgan fingerprint density at radius 1 is 1.07 bits per heavy atom. The Bertz CT molecular complexity index is 1230. The molecule has 2 aromatic carbocycles. The number of pyridine rings is 1. The molecule has 2 N–H and O–H groups in total. The summed E-state index contributed by atoms with van der Waals surface area (Å²) in [4.78, 5) is 7.97. The fourth-order valence-electron chi connectivity index (χ4n) is 3.47. The molecule has 0 saturated heterocycles. The van der Waals surface area contributed by atoms with E-state index >= 15 is 0 Å². The fourth-order valence-corrected chi connectivity index (χ4v) is 3.47. The summed E-state index contributed by atoms with van der Waals surface area (Å²) in [5.41, 5.74) is 13.4. The van der Waals surface area contributed by atoms with Crippen LogP contribution in [0.2, 0.25) is 0 Å². The zero-order valence-corrected chi connectivity index (χ0v) is 16.0. The monoisotopic (exact) mass is 368 g/mol.